The van der Waals surface area contributed by atoms with E-state index >= 15 is 0 Å². The normalized spacial score (nSPS) is 11.0. The van der Waals surface area contributed by atoms with Crippen LogP contribution < -0.4 is 5.32 Å². The monoisotopic (exact) mass is 182 g/mol. The fourth-order valence-electron chi connectivity index (χ4n) is 1.07. The molecule has 74 valence electrons. The fourth-order valence-corrected chi connectivity index (χ4v) is 1.07. The Morgan fingerprint density at radius 2 is 2.38 bits per heavy atom. The molecule has 0 saturated heterocycles. The van der Waals surface area contributed by atoms with Crippen LogP contribution in [-0.4, -0.2) is 24.2 Å². The Morgan fingerprint density at radius 3 is 3.00 bits per heavy atom. The van der Waals surface area contributed by atoms with Crippen molar-refractivity contribution >= 4 is 0 Å². The van der Waals surface area contributed by atoms with E-state index in [1.807, 2.05) is 26.1 Å². The maximum absolute atomic E-state index is 5.39. The molecule has 1 aromatic rings. The summed E-state index contributed by atoms with van der Waals surface area (Å²) in [6, 6.07) is 4.07. The highest BCUT2D eigenvalue weighted by atomic mass is 16.5. The van der Waals surface area contributed by atoms with Gasteiger partial charge < -0.3 is 15.0 Å². The number of hydrogen-bond acceptors (Lipinski definition) is 2. The second kappa shape index (κ2) is 5.78. The van der Waals surface area contributed by atoms with Crippen LogP contribution in [-0.2, 0) is 11.3 Å². The Morgan fingerprint density at radius 1 is 1.54 bits per heavy atom. The third-order valence-corrected chi connectivity index (χ3v) is 1.71. The van der Waals surface area contributed by atoms with Crippen molar-refractivity contribution in [3.63, 3.8) is 0 Å². The van der Waals surface area contributed by atoms with Crippen molar-refractivity contribution < 1.29 is 4.74 Å². The third-order valence-electron chi connectivity index (χ3n) is 1.71. The Labute approximate surface area is 79.5 Å². The van der Waals surface area contributed by atoms with E-state index in [2.05, 4.69) is 16.4 Å². The molecule has 0 saturated carbocycles. The van der Waals surface area contributed by atoms with Gasteiger partial charge in [0.2, 0.25) is 0 Å². The van der Waals surface area contributed by atoms with Gasteiger partial charge in [0.15, 0.2) is 0 Å². The van der Waals surface area contributed by atoms with Gasteiger partial charge in [0.1, 0.15) is 0 Å². The summed E-state index contributed by atoms with van der Waals surface area (Å²) in [5.41, 5.74) is 1.21. The first kappa shape index (κ1) is 10.3. The Kier molecular flexibility index (Phi) is 4.57. The minimum Gasteiger partial charge on any atom is -0.377 e. The van der Waals surface area contributed by atoms with Crippen molar-refractivity contribution in [1.82, 2.24) is 10.3 Å². The Balaban J connectivity index is 1.96. The SMILES string of the molecule is CC(C)OCCNCc1ccc[nH]1. The standard InChI is InChI=1S/C10H18N2O/c1-9(2)13-7-6-11-8-10-4-3-5-12-10/h3-5,9,11-12H,6-8H2,1-2H3. The van der Waals surface area contributed by atoms with Gasteiger partial charge in [-0.15, -0.1) is 0 Å². The molecule has 0 aliphatic carbocycles. The van der Waals surface area contributed by atoms with Crippen LogP contribution in [0.3, 0.4) is 0 Å². The largest absolute Gasteiger partial charge is 0.377 e. The van der Waals surface area contributed by atoms with E-state index in [-0.39, 0.29) is 0 Å². The molecular formula is C10H18N2O. The van der Waals surface area contributed by atoms with Crippen LogP contribution in [0.5, 0.6) is 0 Å². The molecule has 0 amide bonds. The van der Waals surface area contributed by atoms with Crippen LogP contribution >= 0.6 is 0 Å². The number of H-pyrrole nitrogens is 1. The molecule has 1 heterocycles. The van der Waals surface area contributed by atoms with Crippen LogP contribution in [0.4, 0.5) is 0 Å². The molecule has 0 spiro atoms. The maximum atomic E-state index is 5.39. The van der Waals surface area contributed by atoms with Crippen molar-refractivity contribution in [2.45, 2.75) is 26.5 Å². The predicted molar refractivity (Wildman–Crippen MR) is 53.6 cm³/mol. The van der Waals surface area contributed by atoms with E-state index in [0.29, 0.717) is 6.10 Å². The highest BCUT2D eigenvalue weighted by Crippen LogP contribution is 1.92. The predicted octanol–water partition coefficient (Wildman–Crippen LogP) is 1.53. The van der Waals surface area contributed by atoms with E-state index < -0.39 is 0 Å². The zero-order valence-electron chi connectivity index (χ0n) is 8.34. The number of hydrogen-bond donors (Lipinski definition) is 2. The molecule has 13 heavy (non-hydrogen) atoms. The number of aromatic nitrogens is 1. The second-order valence-electron chi connectivity index (χ2n) is 3.29. The summed E-state index contributed by atoms with van der Waals surface area (Å²) in [7, 11) is 0. The summed E-state index contributed by atoms with van der Waals surface area (Å²) >= 11 is 0. The molecular weight excluding hydrogens is 164 g/mol. The lowest BCUT2D eigenvalue weighted by atomic mass is 10.4. The van der Waals surface area contributed by atoms with Crippen LogP contribution in [0.15, 0.2) is 18.3 Å². The number of ether oxygens (including phenoxy) is 1. The summed E-state index contributed by atoms with van der Waals surface area (Å²) in [5.74, 6) is 0. The third kappa shape index (κ3) is 4.70. The van der Waals surface area contributed by atoms with Gasteiger partial charge in [0, 0.05) is 25.0 Å². The van der Waals surface area contributed by atoms with Crippen LogP contribution in [0.1, 0.15) is 19.5 Å². The van der Waals surface area contributed by atoms with Gasteiger partial charge in [-0.05, 0) is 26.0 Å². The van der Waals surface area contributed by atoms with Crippen molar-refractivity contribution in [2.75, 3.05) is 13.2 Å². The van der Waals surface area contributed by atoms with Crippen LogP contribution in [0, 0.1) is 0 Å². The summed E-state index contributed by atoms with van der Waals surface area (Å²) in [4.78, 5) is 3.13. The van der Waals surface area contributed by atoms with Gasteiger partial charge in [0.05, 0.1) is 12.7 Å². The van der Waals surface area contributed by atoms with Gasteiger partial charge in [0.25, 0.3) is 0 Å². The lowest BCUT2D eigenvalue weighted by Crippen LogP contribution is -2.21. The Bertz CT molecular complexity index is 207. The minimum absolute atomic E-state index is 0.326. The van der Waals surface area contributed by atoms with E-state index in [4.69, 9.17) is 4.74 Å². The number of nitrogens with one attached hydrogen (secondary N) is 2. The average Bonchev–Trinajstić information content (AvgIpc) is 2.55. The topological polar surface area (TPSA) is 37.0 Å². The van der Waals surface area contributed by atoms with Crippen LogP contribution in [0.2, 0.25) is 0 Å². The highest BCUT2D eigenvalue weighted by molar-refractivity contribution is 5.02. The smallest absolute Gasteiger partial charge is 0.0594 e. The first-order valence-corrected chi connectivity index (χ1v) is 4.73. The molecule has 0 aliphatic heterocycles. The second-order valence-corrected chi connectivity index (χ2v) is 3.29. The van der Waals surface area contributed by atoms with Crippen LogP contribution in [0.25, 0.3) is 0 Å². The molecule has 1 rings (SSSR count). The molecule has 0 radical (unpaired) electrons. The summed E-state index contributed by atoms with van der Waals surface area (Å²) < 4.78 is 5.39. The summed E-state index contributed by atoms with van der Waals surface area (Å²) in [6.07, 6.45) is 2.26. The van der Waals surface area contributed by atoms with Gasteiger partial charge in [-0.25, -0.2) is 0 Å². The van der Waals surface area contributed by atoms with Gasteiger partial charge >= 0.3 is 0 Å². The minimum atomic E-state index is 0.326. The molecule has 3 nitrogen and oxygen atoms in total. The van der Waals surface area contributed by atoms with E-state index in [1.165, 1.54) is 5.69 Å². The van der Waals surface area contributed by atoms with E-state index in [1.54, 1.807) is 0 Å². The molecule has 0 unspecified atom stereocenters. The number of rotatable bonds is 6. The molecule has 0 atom stereocenters. The molecule has 3 heteroatoms. The van der Waals surface area contributed by atoms with E-state index in [9.17, 15) is 0 Å². The van der Waals surface area contributed by atoms with Crippen molar-refractivity contribution in [1.29, 1.82) is 0 Å². The first-order valence-electron chi connectivity index (χ1n) is 4.73. The zero-order chi connectivity index (χ0) is 9.52. The quantitative estimate of drug-likeness (QED) is 0.655. The lowest BCUT2D eigenvalue weighted by molar-refractivity contribution is 0.0807. The Hall–Kier alpha value is -0.800. The van der Waals surface area contributed by atoms with Crippen molar-refractivity contribution in [3.8, 4) is 0 Å². The molecule has 0 aliphatic rings. The van der Waals surface area contributed by atoms with Crippen molar-refractivity contribution in [3.05, 3.63) is 24.0 Å². The van der Waals surface area contributed by atoms with Gasteiger partial charge in [-0.3, -0.25) is 0 Å². The number of aromatic amines is 1. The molecule has 0 fully saturated rings. The summed E-state index contributed by atoms with van der Waals surface area (Å²) in [6.45, 7) is 6.65. The molecule has 2 N–H and O–H groups in total. The van der Waals surface area contributed by atoms with Gasteiger partial charge in [-0.2, -0.15) is 0 Å². The molecule has 1 aromatic heterocycles. The molecule has 0 bridgehead atoms. The highest BCUT2D eigenvalue weighted by Gasteiger charge is 1.93. The average molecular weight is 182 g/mol. The van der Waals surface area contributed by atoms with Gasteiger partial charge in [-0.1, -0.05) is 0 Å². The van der Waals surface area contributed by atoms with Crippen molar-refractivity contribution in [2.24, 2.45) is 0 Å². The zero-order valence-corrected chi connectivity index (χ0v) is 8.34. The fraction of sp³-hybridized carbons (Fsp3) is 0.600. The lowest BCUT2D eigenvalue weighted by Gasteiger charge is -2.07. The first-order chi connectivity index (χ1) is 6.29. The maximum Gasteiger partial charge on any atom is 0.0594 e. The summed E-state index contributed by atoms with van der Waals surface area (Å²) in [5, 5.41) is 3.29. The van der Waals surface area contributed by atoms with E-state index in [0.717, 1.165) is 19.7 Å². The molecule has 0 aromatic carbocycles.